The van der Waals surface area contributed by atoms with E-state index < -0.39 is 12.1 Å². The third-order valence-corrected chi connectivity index (χ3v) is 3.77. The highest BCUT2D eigenvalue weighted by Crippen LogP contribution is 2.37. The number of aromatic nitrogens is 2. The SMILES string of the molecule is Cc1nn(C)c(Oc2cc(O[C@@H](C)C(=O)O)c(C#N)cc2Cl)c1C. The third kappa shape index (κ3) is 3.44. The second-order valence-electron chi connectivity index (χ2n) is 5.23. The van der Waals surface area contributed by atoms with Crippen molar-refractivity contribution in [3.05, 3.63) is 34.0 Å². The van der Waals surface area contributed by atoms with Gasteiger partial charge in [0.15, 0.2) is 11.9 Å². The number of benzene rings is 1. The maximum atomic E-state index is 11.0. The maximum absolute atomic E-state index is 11.0. The number of carboxylic acid groups (broad SMARTS) is 1. The van der Waals surface area contributed by atoms with Crippen LogP contribution < -0.4 is 9.47 Å². The number of nitriles is 1. The van der Waals surface area contributed by atoms with Crippen LogP contribution in [0.2, 0.25) is 5.02 Å². The van der Waals surface area contributed by atoms with Crippen LogP contribution in [0.4, 0.5) is 0 Å². The fourth-order valence-corrected chi connectivity index (χ4v) is 2.23. The molecule has 1 heterocycles. The minimum atomic E-state index is -1.14. The average molecular weight is 350 g/mol. The lowest BCUT2D eigenvalue weighted by Gasteiger charge is -2.15. The number of carbonyl (C=O) groups is 1. The van der Waals surface area contributed by atoms with Crippen LogP contribution in [0.15, 0.2) is 12.1 Å². The van der Waals surface area contributed by atoms with Crippen molar-refractivity contribution in [2.24, 2.45) is 7.05 Å². The average Bonchev–Trinajstić information content (AvgIpc) is 2.76. The fraction of sp³-hybridized carbons (Fsp3) is 0.312. The number of halogens is 1. The summed E-state index contributed by atoms with van der Waals surface area (Å²) in [5, 5.41) is 22.6. The monoisotopic (exact) mass is 349 g/mol. The molecule has 2 aromatic rings. The van der Waals surface area contributed by atoms with Gasteiger partial charge in [-0.25, -0.2) is 9.48 Å². The smallest absolute Gasteiger partial charge is 0.344 e. The molecule has 2 rings (SSSR count). The summed E-state index contributed by atoms with van der Waals surface area (Å²) in [7, 11) is 1.73. The summed E-state index contributed by atoms with van der Waals surface area (Å²) in [6, 6.07) is 4.70. The Morgan fingerprint density at radius 3 is 2.58 bits per heavy atom. The molecule has 1 aromatic carbocycles. The van der Waals surface area contributed by atoms with Gasteiger partial charge in [0.1, 0.15) is 11.8 Å². The molecule has 0 spiro atoms. The number of aliphatic carboxylic acids is 1. The minimum absolute atomic E-state index is 0.0864. The molecular weight excluding hydrogens is 334 g/mol. The first-order valence-corrected chi connectivity index (χ1v) is 7.43. The van der Waals surface area contributed by atoms with Crippen LogP contribution in [0.1, 0.15) is 23.7 Å². The molecule has 7 nitrogen and oxygen atoms in total. The largest absolute Gasteiger partial charge is 0.479 e. The zero-order valence-electron chi connectivity index (χ0n) is 13.6. The Kier molecular flexibility index (Phi) is 5.00. The first kappa shape index (κ1) is 17.6. The van der Waals surface area contributed by atoms with E-state index in [0.29, 0.717) is 5.88 Å². The van der Waals surface area contributed by atoms with E-state index in [9.17, 15) is 10.1 Å². The Hall–Kier alpha value is -2.72. The molecule has 0 saturated heterocycles. The molecular formula is C16H16ClN3O4. The molecule has 126 valence electrons. The van der Waals surface area contributed by atoms with E-state index in [1.54, 1.807) is 11.7 Å². The van der Waals surface area contributed by atoms with Crippen LogP contribution in [-0.2, 0) is 11.8 Å². The molecule has 0 aliphatic carbocycles. The molecule has 24 heavy (non-hydrogen) atoms. The van der Waals surface area contributed by atoms with E-state index in [0.717, 1.165) is 11.3 Å². The summed E-state index contributed by atoms with van der Waals surface area (Å²) in [4.78, 5) is 11.0. The standard InChI is InChI=1S/C16H16ClN3O4/c1-8-9(2)19-20(4)15(8)24-14-6-13(23-10(3)16(21)22)11(7-18)5-12(14)17/h5-6,10H,1-4H3,(H,21,22)/t10-/m0/s1. The highest BCUT2D eigenvalue weighted by molar-refractivity contribution is 6.32. The molecule has 8 heteroatoms. The molecule has 0 saturated carbocycles. The third-order valence-electron chi connectivity index (χ3n) is 3.47. The van der Waals surface area contributed by atoms with Gasteiger partial charge in [-0.05, 0) is 26.8 Å². The topological polar surface area (TPSA) is 97.4 Å². The first-order chi connectivity index (χ1) is 11.2. The van der Waals surface area contributed by atoms with E-state index >= 15 is 0 Å². The van der Waals surface area contributed by atoms with E-state index in [-0.39, 0.29) is 22.1 Å². The summed E-state index contributed by atoms with van der Waals surface area (Å²) in [5.74, 6) is -0.316. The number of hydrogen-bond donors (Lipinski definition) is 1. The van der Waals surface area contributed by atoms with Crippen molar-refractivity contribution in [1.29, 1.82) is 5.26 Å². The second-order valence-corrected chi connectivity index (χ2v) is 5.64. The molecule has 0 aliphatic heterocycles. The van der Waals surface area contributed by atoms with E-state index in [4.69, 9.17) is 26.2 Å². The second kappa shape index (κ2) is 6.81. The number of hydrogen-bond acceptors (Lipinski definition) is 5. The molecule has 1 aromatic heterocycles. The Bertz CT molecular complexity index is 839. The fourth-order valence-electron chi connectivity index (χ4n) is 2.03. The summed E-state index contributed by atoms with van der Waals surface area (Å²) in [6.45, 7) is 5.08. The van der Waals surface area contributed by atoms with Gasteiger partial charge in [-0.3, -0.25) is 0 Å². The van der Waals surface area contributed by atoms with Crippen molar-refractivity contribution in [2.45, 2.75) is 26.9 Å². The van der Waals surface area contributed by atoms with Gasteiger partial charge in [-0.15, -0.1) is 0 Å². The number of nitrogens with zero attached hydrogens (tertiary/aromatic N) is 3. The molecule has 1 N–H and O–H groups in total. The molecule has 0 amide bonds. The Morgan fingerprint density at radius 1 is 1.42 bits per heavy atom. The van der Waals surface area contributed by atoms with Gasteiger partial charge in [0, 0.05) is 18.7 Å². The van der Waals surface area contributed by atoms with Gasteiger partial charge in [0.05, 0.1) is 16.3 Å². The van der Waals surface area contributed by atoms with Gasteiger partial charge < -0.3 is 14.6 Å². The Labute approximate surface area is 144 Å². The maximum Gasteiger partial charge on any atom is 0.344 e. The lowest BCUT2D eigenvalue weighted by Crippen LogP contribution is -2.23. The molecule has 0 bridgehead atoms. The molecule has 1 atom stereocenters. The van der Waals surface area contributed by atoms with E-state index in [1.807, 2.05) is 19.9 Å². The summed E-state index contributed by atoms with van der Waals surface area (Å²) in [5.41, 5.74) is 1.78. The van der Waals surface area contributed by atoms with Crippen molar-refractivity contribution in [1.82, 2.24) is 9.78 Å². The van der Waals surface area contributed by atoms with E-state index in [1.165, 1.54) is 19.1 Å². The highest BCUT2D eigenvalue weighted by atomic mass is 35.5. The van der Waals surface area contributed by atoms with Gasteiger partial charge in [-0.1, -0.05) is 11.6 Å². The van der Waals surface area contributed by atoms with Gasteiger partial charge >= 0.3 is 5.97 Å². The van der Waals surface area contributed by atoms with Crippen molar-refractivity contribution in [3.63, 3.8) is 0 Å². The molecule has 0 aliphatic rings. The quantitative estimate of drug-likeness (QED) is 0.890. The van der Waals surface area contributed by atoms with Gasteiger partial charge in [0.25, 0.3) is 0 Å². The van der Waals surface area contributed by atoms with Crippen molar-refractivity contribution in [3.8, 4) is 23.4 Å². The number of carboxylic acids is 1. The predicted octanol–water partition coefficient (Wildman–Crippen LogP) is 3.21. The number of aryl methyl sites for hydroxylation is 2. The van der Waals surface area contributed by atoms with Gasteiger partial charge in [-0.2, -0.15) is 10.4 Å². The number of ether oxygens (including phenoxy) is 2. The normalized spacial score (nSPS) is 11.7. The van der Waals surface area contributed by atoms with Crippen molar-refractivity contribution in [2.75, 3.05) is 0 Å². The van der Waals surface area contributed by atoms with Crippen LogP contribution in [0, 0.1) is 25.2 Å². The molecule has 0 radical (unpaired) electrons. The van der Waals surface area contributed by atoms with E-state index in [2.05, 4.69) is 5.10 Å². The minimum Gasteiger partial charge on any atom is -0.479 e. The molecule has 0 fully saturated rings. The zero-order chi connectivity index (χ0) is 18.0. The predicted molar refractivity (Wildman–Crippen MR) is 86.6 cm³/mol. The number of rotatable bonds is 5. The van der Waals surface area contributed by atoms with Crippen LogP contribution in [0.3, 0.4) is 0 Å². The Balaban J connectivity index is 2.44. The van der Waals surface area contributed by atoms with Crippen molar-refractivity contribution < 1.29 is 19.4 Å². The highest BCUT2D eigenvalue weighted by Gasteiger charge is 2.19. The zero-order valence-corrected chi connectivity index (χ0v) is 14.4. The first-order valence-electron chi connectivity index (χ1n) is 7.05. The van der Waals surface area contributed by atoms with Crippen molar-refractivity contribution >= 4 is 17.6 Å². The summed E-state index contributed by atoms with van der Waals surface area (Å²) >= 11 is 6.16. The van der Waals surface area contributed by atoms with Crippen LogP contribution >= 0.6 is 11.6 Å². The van der Waals surface area contributed by atoms with Crippen LogP contribution in [-0.4, -0.2) is 27.0 Å². The summed E-state index contributed by atoms with van der Waals surface area (Å²) in [6.07, 6.45) is -1.12. The molecule has 0 unspecified atom stereocenters. The van der Waals surface area contributed by atoms with Crippen LogP contribution in [0.5, 0.6) is 17.4 Å². The van der Waals surface area contributed by atoms with Crippen LogP contribution in [0.25, 0.3) is 0 Å². The Morgan fingerprint density at radius 2 is 2.08 bits per heavy atom. The summed E-state index contributed by atoms with van der Waals surface area (Å²) < 4.78 is 12.7. The lowest BCUT2D eigenvalue weighted by atomic mass is 10.2. The van der Waals surface area contributed by atoms with Gasteiger partial charge in [0.2, 0.25) is 5.88 Å². The lowest BCUT2D eigenvalue weighted by molar-refractivity contribution is -0.144.